The number of amides is 2. The zero-order valence-electron chi connectivity index (χ0n) is 12.1. The van der Waals surface area contributed by atoms with Gasteiger partial charge in [-0.15, -0.1) is 0 Å². The lowest BCUT2D eigenvalue weighted by Gasteiger charge is -2.18. The van der Waals surface area contributed by atoms with Gasteiger partial charge in [0.2, 0.25) is 0 Å². The SMILES string of the molecule is CC(Cc1ccco1)NC(=O)NCC(C(=O)O)C(C)C. The zero-order chi connectivity index (χ0) is 15.1. The summed E-state index contributed by atoms with van der Waals surface area (Å²) < 4.78 is 5.20. The first-order valence-corrected chi connectivity index (χ1v) is 6.69. The van der Waals surface area contributed by atoms with Crippen LogP contribution in [0.4, 0.5) is 4.79 Å². The van der Waals surface area contributed by atoms with E-state index < -0.39 is 11.9 Å². The number of urea groups is 1. The minimum absolute atomic E-state index is 0.0339. The molecule has 1 rings (SSSR count). The largest absolute Gasteiger partial charge is 0.481 e. The summed E-state index contributed by atoms with van der Waals surface area (Å²) in [6.45, 7) is 5.61. The van der Waals surface area contributed by atoms with Gasteiger partial charge in [-0.05, 0) is 25.0 Å². The number of aliphatic carboxylic acids is 1. The second-order valence-corrected chi connectivity index (χ2v) is 5.23. The Morgan fingerprint density at radius 2 is 2.05 bits per heavy atom. The highest BCUT2D eigenvalue weighted by Crippen LogP contribution is 2.09. The number of hydrogen-bond acceptors (Lipinski definition) is 3. The van der Waals surface area contributed by atoms with E-state index in [-0.39, 0.29) is 24.5 Å². The molecule has 3 N–H and O–H groups in total. The van der Waals surface area contributed by atoms with Crippen LogP contribution in [-0.4, -0.2) is 29.7 Å². The molecule has 0 aliphatic carbocycles. The first-order chi connectivity index (χ1) is 9.40. The third-order valence-electron chi connectivity index (χ3n) is 3.07. The molecule has 0 aliphatic rings. The van der Waals surface area contributed by atoms with Crippen molar-refractivity contribution >= 4 is 12.0 Å². The summed E-state index contributed by atoms with van der Waals surface area (Å²) in [4.78, 5) is 22.7. The van der Waals surface area contributed by atoms with Crippen LogP contribution in [0.3, 0.4) is 0 Å². The zero-order valence-corrected chi connectivity index (χ0v) is 12.1. The Labute approximate surface area is 118 Å². The fourth-order valence-electron chi connectivity index (χ4n) is 1.87. The van der Waals surface area contributed by atoms with Gasteiger partial charge in [0.15, 0.2) is 0 Å². The van der Waals surface area contributed by atoms with E-state index in [1.165, 1.54) is 0 Å². The van der Waals surface area contributed by atoms with Crippen molar-refractivity contribution < 1.29 is 19.1 Å². The van der Waals surface area contributed by atoms with E-state index in [1.807, 2.05) is 26.8 Å². The summed E-state index contributed by atoms with van der Waals surface area (Å²) in [5, 5.41) is 14.4. The Morgan fingerprint density at radius 3 is 2.55 bits per heavy atom. The molecular formula is C14H22N2O4. The standard InChI is InChI=1S/C14H22N2O4/c1-9(2)12(13(17)18)8-15-14(19)16-10(3)7-11-5-4-6-20-11/h4-6,9-10,12H,7-8H2,1-3H3,(H,17,18)(H2,15,16,19). The Kier molecular flexibility index (Phi) is 6.09. The third kappa shape index (κ3) is 5.34. The highest BCUT2D eigenvalue weighted by Gasteiger charge is 2.22. The van der Waals surface area contributed by atoms with E-state index in [4.69, 9.17) is 9.52 Å². The molecule has 6 heteroatoms. The lowest BCUT2D eigenvalue weighted by molar-refractivity contribution is -0.142. The molecule has 2 atom stereocenters. The Balaban J connectivity index is 2.34. The van der Waals surface area contributed by atoms with Gasteiger partial charge in [-0.25, -0.2) is 4.79 Å². The summed E-state index contributed by atoms with van der Waals surface area (Å²) in [6, 6.07) is 3.18. The van der Waals surface area contributed by atoms with Gasteiger partial charge in [-0.3, -0.25) is 4.79 Å². The summed E-state index contributed by atoms with van der Waals surface area (Å²) in [5.41, 5.74) is 0. The van der Waals surface area contributed by atoms with Gasteiger partial charge in [0, 0.05) is 19.0 Å². The fourth-order valence-corrected chi connectivity index (χ4v) is 1.87. The number of nitrogens with one attached hydrogen (secondary N) is 2. The first-order valence-electron chi connectivity index (χ1n) is 6.69. The number of furan rings is 1. The topological polar surface area (TPSA) is 91.6 Å². The van der Waals surface area contributed by atoms with Crippen molar-refractivity contribution in [2.75, 3.05) is 6.54 Å². The predicted molar refractivity (Wildman–Crippen MR) is 74.4 cm³/mol. The van der Waals surface area contributed by atoms with Gasteiger partial charge < -0.3 is 20.2 Å². The Hall–Kier alpha value is -1.98. The highest BCUT2D eigenvalue weighted by atomic mass is 16.4. The van der Waals surface area contributed by atoms with Crippen LogP contribution in [0.5, 0.6) is 0 Å². The van der Waals surface area contributed by atoms with E-state index >= 15 is 0 Å². The summed E-state index contributed by atoms with van der Waals surface area (Å²) in [7, 11) is 0. The molecule has 2 unspecified atom stereocenters. The molecule has 0 fully saturated rings. The lowest BCUT2D eigenvalue weighted by Crippen LogP contribution is -2.45. The fraction of sp³-hybridized carbons (Fsp3) is 0.571. The first kappa shape index (κ1) is 16.1. The number of carboxylic acids is 1. The second-order valence-electron chi connectivity index (χ2n) is 5.23. The van der Waals surface area contributed by atoms with Gasteiger partial charge >= 0.3 is 12.0 Å². The van der Waals surface area contributed by atoms with Crippen LogP contribution in [0, 0.1) is 11.8 Å². The van der Waals surface area contributed by atoms with Gasteiger partial charge in [0.05, 0.1) is 12.2 Å². The molecule has 1 aromatic heterocycles. The van der Waals surface area contributed by atoms with Crippen LogP contribution in [0.1, 0.15) is 26.5 Å². The van der Waals surface area contributed by atoms with E-state index in [9.17, 15) is 9.59 Å². The van der Waals surface area contributed by atoms with Gasteiger partial charge in [-0.2, -0.15) is 0 Å². The molecular weight excluding hydrogens is 260 g/mol. The van der Waals surface area contributed by atoms with Crippen molar-refractivity contribution in [3.8, 4) is 0 Å². The monoisotopic (exact) mass is 282 g/mol. The molecule has 6 nitrogen and oxygen atoms in total. The molecule has 0 aromatic carbocycles. The van der Waals surface area contributed by atoms with Crippen LogP contribution in [0.15, 0.2) is 22.8 Å². The predicted octanol–water partition coefficient (Wildman–Crippen LogP) is 1.87. The Bertz CT molecular complexity index is 428. The summed E-state index contributed by atoms with van der Waals surface area (Å²) >= 11 is 0. The molecule has 1 heterocycles. The maximum Gasteiger partial charge on any atom is 0.315 e. The maximum absolute atomic E-state index is 11.7. The van der Waals surface area contributed by atoms with Crippen LogP contribution in [-0.2, 0) is 11.2 Å². The molecule has 0 aliphatic heterocycles. The lowest BCUT2D eigenvalue weighted by atomic mass is 9.96. The molecule has 20 heavy (non-hydrogen) atoms. The van der Waals surface area contributed by atoms with Crippen molar-refractivity contribution in [1.82, 2.24) is 10.6 Å². The van der Waals surface area contributed by atoms with Crippen LogP contribution in [0.25, 0.3) is 0 Å². The maximum atomic E-state index is 11.7. The summed E-state index contributed by atoms with van der Waals surface area (Å²) in [6.07, 6.45) is 2.18. The molecule has 0 spiro atoms. The molecule has 0 saturated carbocycles. The minimum atomic E-state index is -0.899. The quantitative estimate of drug-likeness (QED) is 0.712. The van der Waals surface area contributed by atoms with Crippen LogP contribution < -0.4 is 10.6 Å². The molecule has 112 valence electrons. The number of rotatable bonds is 7. The smallest absolute Gasteiger partial charge is 0.315 e. The minimum Gasteiger partial charge on any atom is -0.481 e. The van der Waals surface area contributed by atoms with Gasteiger partial charge in [0.25, 0.3) is 0 Å². The van der Waals surface area contributed by atoms with Crippen LogP contribution in [0.2, 0.25) is 0 Å². The van der Waals surface area contributed by atoms with Crippen molar-refractivity contribution in [1.29, 1.82) is 0 Å². The number of carbonyl (C=O) groups is 2. The summed E-state index contributed by atoms with van der Waals surface area (Å²) in [5.74, 6) is -0.721. The molecule has 0 bridgehead atoms. The molecule has 2 amide bonds. The van der Waals surface area contributed by atoms with Gasteiger partial charge in [0.1, 0.15) is 5.76 Å². The van der Waals surface area contributed by atoms with Crippen molar-refractivity contribution in [3.05, 3.63) is 24.2 Å². The van der Waals surface area contributed by atoms with Gasteiger partial charge in [-0.1, -0.05) is 13.8 Å². The van der Waals surface area contributed by atoms with E-state index in [2.05, 4.69) is 10.6 Å². The molecule has 0 radical (unpaired) electrons. The van der Waals surface area contributed by atoms with E-state index in [0.717, 1.165) is 5.76 Å². The normalized spacial score (nSPS) is 13.8. The molecule has 1 aromatic rings. The Morgan fingerprint density at radius 1 is 1.35 bits per heavy atom. The average molecular weight is 282 g/mol. The second kappa shape index (κ2) is 7.57. The number of hydrogen-bond donors (Lipinski definition) is 3. The van der Waals surface area contributed by atoms with Crippen molar-refractivity contribution in [2.24, 2.45) is 11.8 Å². The van der Waals surface area contributed by atoms with E-state index in [0.29, 0.717) is 6.42 Å². The van der Waals surface area contributed by atoms with E-state index in [1.54, 1.807) is 12.3 Å². The number of carbonyl (C=O) groups excluding carboxylic acids is 1. The molecule has 0 saturated heterocycles. The highest BCUT2D eigenvalue weighted by molar-refractivity contribution is 5.76. The average Bonchev–Trinajstić information content (AvgIpc) is 2.80. The number of carboxylic acid groups (broad SMARTS) is 1. The third-order valence-corrected chi connectivity index (χ3v) is 3.07. The van der Waals surface area contributed by atoms with Crippen molar-refractivity contribution in [2.45, 2.75) is 33.2 Å². The van der Waals surface area contributed by atoms with Crippen LogP contribution >= 0.6 is 0 Å². The van der Waals surface area contributed by atoms with Crippen molar-refractivity contribution in [3.63, 3.8) is 0 Å².